The number of para-hydroxylation sites is 3. The van der Waals surface area contributed by atoms with E-state index in [0.717, 1.165) is 5.39 Å². The topological polar surface area (TPSA) is 116 Å². The summed E-state index contributed by atoms with van der Waals surface area (Å²) in [5.41, 5.74) is 1.23. The van der Waals surface area contributed by atoms with Gasteiger partial charge in [-0.2, -0.15) is 0 Å². The Hall–Kier alpha value is -3.69. The number of rotatable bonds is 6. The second-order valence-corrected chi connectivity index (χ2v) is 7.90. The van der Waals surface area contributed by atoms with E-state index in [1.165, 1.54) is 12.1 Å². The number of methoxy groups -OCH3 is 1. The maximum Gasteiger partial charge on any atom is 0.238 e. The van der Waals surface area contributed by atoms with Crippen LogP contribution in [-0.2, 0) is 10.0 Å². The molecule has 0 fully saturated rings. The maximum atomic E-state index is 11.4. The Morgan fingerprint density at radius 1 is 0.900 bits per heavy atom. The lowest BCUT2D eigenvalue weighted by molar-refractivity contribution is 0.380. The SMILES string of the molecule is COc1ccccc1Oc1cccc2cnc(Nc3ccc(S(N)(=O)=O)cc3)nc12. The van der Waals surface area contributed by atoms with E-state index < -0.39 is 10.0 Å². The van der Waals surface area contributed by atoms with E-state index in [9.17, 15) is 8.42 Å². The van der Waals surface area contributed by atoms with Crippen LogP contribution in [0.25, 0.3) is 10.9 Å². The highest BCUT2D eigenvalue weighted by atomic mass is 32.2. The number of hydrogen-bond acceptors (Lipinski definition) is 7. The summed E-state index contributed by atoms with van der Waals surface area (Å²) in [5.74, 6) is 2.06. The standard InChI is InChI=1S/C21H18N4O4S/c1-28-17-6-2-3-7-18(17)29-19-8-4-5-14-13-23-21(25-20(14)19)24-15-9-11-16(12-10-15)30(22,26)27/h2-13H,1H3,(H2,22,26,27)(H,23,24,25). The number of nitrogens with one attached hydrogen (secondary N) is 1. The van der Waals surface area contributed by atoms with Gasteiger partial charge in [0.15, 0.2) is 17.2 Å². The van der Waals surface area contributed by atoms with Gasteiger partial charge in [-0.1, -0.05) is 24.3 Å². The molecule has 3 N–H and O–H groups in total. The number of sulfonamides is 1. The molecule has 0 unspecified atom stereocenters. The molecule has 4 rings (SSSR count). The Morgan fingerprint density at radius 3 is 2.30 bits per heavy atom. The fourth-order valence-corrected chi connectivity index (χ4v) is 3.37. The predicted molar refractivity (Wildman–Crippen MR) is 114 cm³/mol. The fourth-order valence-electron chi connectivity index (χ4n) is 2.85. The largest absolute Gasteiger partial charge is 0.493 e. The van der Waals surface area contributed by atoms with Crippen molar-refractivity contribution in [3.8, 4) is 17.2 Å². The van der Waals surface area contributed by atoms with Crippen molar-refractivity contribution in [2.45, 2.75) is 4.90 Å². The van der Waals surface area contributed by atoms with Crippen molar-refractivity contribution in [2.24, 2.45) is 5.14 Å². The second-order valence-electron chi connectivity index (χ2n) is 6.33. The Bertz CT molecular complexity index is 1310. The van der Waals surface area contributed by atoms with Crippen molar-refractivity contribution in [3.63, 3.8) is 0 Å². The Labute approximate surface area is 173 Å². The molecule has 3 aromatic carbocycles. The molecular weight excluding hydrogens is 404 g/mol. The summed E-state index contributed by atoms with van der Waals surface area (Å²) in [7, 11) is -2.17. The van der Waals surface area contributed by atoms with Gasteiger partial charge in [0.2, 0.25) is 16.0 Å². The van der Waals surface area contributed by atoms with E-state index in [2.05, 4.69) is 15.3 Å². The highest BCUT2D eigenvalue weighted by Gasteiger charge is 2.11. The Balaban J connectivity index is 1.66. The number of primary sulfonamides is 1. The van der Waals surface area contributed by atoms with Crippen LogP contribution in [0.15, 0.2) is 77.8 Å². The third-order valence-electron chi connectivity index (χ3n) is 4.30. The molecule has 1 aromatic heterocycles. The molecule has 0 aliphatic carbocycles. The highest BCUT2D eigenvalue weighted by molar-refractivity contribution is 7.89. The summed E-state index contributed by atoms with van der Waals surface area (Å²) >= 11 is 0. The van der Waals surface area contributed by atoms with Gasteiger partial charge in [0.1, 0.15) is 5.52 Å². The number of hydrogen-bond donors (Lipinski definition) is 2. The summed E-state index contributed by atoms with van der Waals surface area (Å²) in [6.07, 6.45) is 1.68. The van der Waals surface area contributed by atoms with Crippen LogP contribution in [-0.4, -0.2) is 25.5 Å². The highest BCUT2D eigenvalue weighted by Crippen LogP contribution is 2.34. The van der Waals surface area contributed by atoms with Crippen LogP contribution < -0.4 is 19.9 Å². The molecule has 9 heteroatoms. The van der Waals surface area contributed by atoms with Crippen LogP contribution in [0.2, 0.25) is 0 Å². The summed E-state index contributed by atoms with van der Waals surface area (Å²) in [6.45, 7) is 0. The lowest BCUT2D eigenvalue weighted by Crippen LogP contribution is -2.11. The van der Waals surface area contributed by atoms with Gasteiger partial charge >= 0.3 is 0 Å². The van der Waals surface area contributed by atoms with Crippen LogP contribution in [0.1, 0.15) is 0 Å². The summed E-state index contributed by atoms with van der Waals surface area (Å²) in [4.78, 5) is 8.90. The van der Waals surface area contributed by atoms with Gasteiger partial charge in [-0.05, 0) is 42.5 Å². The first-order valence-corrected chi connectivity index (χ1v) is 10.5. The average Bonchev–Trinajstić information content (AvgIpc) is 2.74. The molecule has 0 saturated heterocycles. The normalized spacial score (nSPS) is 11.3. The molecular formula is C21H18N4O4S. The van der Waals surface area contributed by atoms with Gasteiger partial charge in [0.05, 0.1) is 12.0 Å². The molecule has 1 heterocycles. The van der Waals surface area contributed by atoms with Gasteiger partial charge in [0.25, 0.3) is 0 Å². The number of ether oxygens (including phenoxy) is 2. The van der Waals surface area contributed by atoms with E-state index in [-0.39, 0.29) is 4.90 Å². The lowest BCUT2D eigenvalue weighted by atomic mass is 10.2. The zero-order valence-electron chi connectivity index (χ0n) is 15.9. The van der Waals surface area contributed by atoms with Crippen LogP contribution in [0.5, 0.6) is 17.2 Å². The van der Waals surface area contributed by atoms with E-state index in [1.807, 2.05) is 42.5 Å². The zero-order valence-corrected chi connectivity index (χ0v) is 16.8. The molecule has 0 atom stereocenters. The molecule has 30 heavy (non-hydrogen) atoms. The molecule has 8 nitrogen and oxygen atoms in total. The van der Waals surface area contributed by atoms with Gasteiger partial charge in [-0.25, -0.2) is 23.5 Å². The number of aromatic nitrogens is 2. The van der Waals surface area contributed by atoms with Gasteiger partial charge < -0.3 is 14.8 Å². The van der Waals surface area contributed by atoms with E-state index >= 15 is 0 Å². The first-order chi connectivity index (χ1) is 14.4. The van der Waals surface area contributed by atoms with E-state index in [4.69, 9.17) is 14.6 Å². The molecule has 0 bridgehead atoms. The van der Waals surface area contributed by atoms with Crippen molar-refractivity contribution >= 4 is 32.6 Å². The second kappa shape index (κ2) is 7.97. The van der Waals surface area contributed by atoms with Crippen LogP contribution >= 0.6 is 0 Å². The minimum atomic E-state index is -3.75. The van der Waals surface area contributed by atoms with Crippen LogP contribution in [0.4, 0.5) is 11.6 Å². The number of benzene rings is 3. The van der Waals surface area contributed by atoms with Crippen molar-refractivity contribution in [3.05, 3.63) is 72.9 Å². The number of fused-ring (bicyclic) bond motifs is 1. The molecule has 152 valence electrons. The van der Waals surface area contributed by atoms with E-state index in [1.54, 1.807) is 25.4 Å². The molecule has 0 radical (unpaired) electrons. The molecule has 0 spiro atoms. The van der Waals surface area contributed by atoms with Crippen molar-refractivity contribution < 1.29 is 17.9 Å². The van der Waals surface area contributed by atoms with Crippen molar-refractivity contribution in [1.82, 2.24) is 9.97 Å². The first-order valence-electron chi connectivity index (χ1n) is 8.90. The van der Waals surface area contributed by atoms with Gasteiger partial charge in [0, 0.05) is 17.3 Å². The quantitative estimate of drug-likeness (QED) is 0.485. The summed E-state index contributed by atoms with van der Waals surface area (Å²) in [6, 6.07) is 18.9. The molecule has 0 aliphatic heterocycles. The Kier molecular flexibility index (Phi) is 5.21. The average molecular weight is 422 g/mol. The molecule has 0 saturated carbocycles. The summed E-state index contributed by atoms with van der Waals surface area (Å²) < 4.78 is 34.2. The zero-order chi connectivity index (χ0) is 21.1. The molecule has 0 aliphatic rings. The maximum absolute atomic E-state index is 11.4. The first kappa shape index (κ1) is 19.6. The molecule has 4 aromatic rings. The number of nitrogens with zero attached hydrogens (tertiary/aromatic N) is 2. The Morgan fingerprint density at radius 2 is 1.60 bits per heavy atom. The lowest BCUT2D eigenvalue weighted by Gasteiger charge is -2.12. The molecule has 0 amide bonds. The van der Waals surface area contributed by atoms with Crippen molar-refractivity contribution in [1.29, 1.82) is 0 Å². The third-order valence-corrected chi connectivity index (χ3v) is 5.23. The smallest absolute Gasteiger partial charge is 0.238 e. The van der Waals surface area contributed by atoms with E-state index in [0.29, 0.717) is 34.4 Å². The minimum absolute atomic E-state index is 0.0278. The third kappa shape index (κ3) is 4.17. The minimum Gasteiger partial charge on any atom is -0.493 e. The van der Waals surface area contributed by atoms with Crippen molar-refractivity contribution in [2.75, 3.05) is 12.4 Å². The van der Waals surface area contributed by atoms with Gasteiger partial charge in [-0.3, -0.25) is 0 Å². The number of anilines is 2. The van der Waals surface area contributed by atoms with Crippen LogP contribution in [0.3, 0.4) is 0 Å². The van der Waals surface area contributed by atoms with Gasteiger partial charge in [-0.15, -0.1) is 0 Å². The van der Waals surface area contributed by atoms with Crippen LogP contribution in [0, 0.1) is 0 Å². The fraction of sp³-hybridized carbons (Fsp3) is 0.0476. The number of nitrogens with two attached hydrogens (primary N) is 1. The predicted octanol–water partition coefficient (Wildman–Crippen LogP) is 3.82. The summed E-state index contributed by atoms with van der Waals surface area (Å²) in [5, 5.41) is 8.98. The monoisotopic (exact) mass is 422 g/mol.